The van der Waals surface area contributed by atoms with Crippen LogP contribution in [0.4, 0.5) is 0 Å². The number of rotatable bonds is 4. The Kier molecular flexibility index (Phi) is 8.43. The van der Waals surface area contributed by atoms with Crippen molar-refractivity contribution in [2.75, 3.05) is 0 Å². The average Bonchev–Trinajstić information content (AvgIpc) is 4.08. The van der Waals surface area contributed by atoms with E-state index in [9.17, 15) is 5.26 Å². The third-order valence-electron chi connectivity index (χ3n) is 14.5. The van der Waals surface area contributed by atoms with Crippen molar-refractivity contribution in [1.29, 1.82) is 5.26 Å². The third kappa shape index (κ3) is 5.61. The van der Waals surface area contributed by atoms with Gasteiger partial charge in [0.25, 0.3) is 0 Å². The quantitative estimate of drug-likeness (QED) is 0.174. The van der Waals surface area contributed by atoms with Crippen molar-refractivity contribution in [2.45, 2.75) is 52.4 Å². The molecular formula is C63H49N5. The maximum Gasteiger partial charge on any atom is 0.104 e. The molecule has 0 radical (unpaired) electrons. The minimum absolute atomic E-state index is 0.0246. The van der Waals surface area contributed by atoms with E-state index in [2.05, 4.69) is 254 Å². The number of hydrogen-bond acceptors (Lipinski definition) is 1. The molecule has 0 aliphatic rings. The lowest BCUT2D eigenvalue weighted by atomic mass is 9.85. The highest BCUT2D eigenvalue weighted by Gasteiger charge is 2.27. The van der Waals surface area contributed by atoms with Crippen molar-refractivity contribution in [1.82, 2.24) is 18.3 Å². The van der Waals surface area contributed by atoms with Crippen LogP contribution in [0.3, 0.4) is 0 Å². The Morgan fingerprint density at radius 2 is 0.735 bits per heavy atom. The standard InChI is InChI=1S/C63H49N5/c1-62(2,3)39-28-32-54-47(36-39)48-37-40(63(4,5)6)29-33-55(48)67(54)52-26-17-27-53(49(52)38-64)68-51-25-16-14-23-46(51)59-57(68)35-31-44-43-30-34-56-58(60(43)66(61(44)59)42-20-11-8-12-21-42)45-22-13-15-24-50(45)65(56)41-18-9-7-10-19-41/h7-37H,1-6H3. The van der Waals surface area contributed by atoms with Gasteiger partial charge in [0.15, 0.2) is 0 Å². The molecule has 68 heavy (non-hydrogen) atoms. The van der Waals surface area contributed by atoms with E-state index in [1.165, 1.54) is 54.5 Å². The molecule has 5 heteroatoms. The molecule has 4 aromatic heterocycles. The molecule has 4 heterocycles. The fourth-order valence-electron chi connectivity index (χ4n) is 11.3. The van der Waals surface area contributed by atoms with Crippen LogP contribution in [-0.2, 0) is 10.8 Å². The molecule has 9 aromatic carbocycles. The van der Waals surface area contributed by atoms with Crippen molar-refractivity contribution in [3.05, 3.63) is 205 Å². The fraction of sp³-hybridized carbons (Fsp3) is 0.127. The molecule has 326 valence electrons. The first-order valence-corrected chi connectivity index (χ1v) is 23.7. The van der Waals surface area contributed by atoms with E-state index in [1.807, 2.05) is 0 Å². The van der Waals surface area contributed by atoms with E-state index in [1.54, 1.807) is 0 Å². The number of benzene rings is 9. The van der Waals surface area contributed by atoms with Gasteiger partial charge in [-0.2, -0.15) is 5.26 Å². The van der Waals surface area contributed by atoms with Gasteiger partial charge in [-0.25, -0.2) is 0 Å². The smallest absolute Gasteiger partial charge is 0.104 e. The van der Waals surface area contributed by atoms with Gasteiger partial charge in [-0.05, 0) is 107 Å². The summed E-state index contributed by atoms with van der Waals surface area (Å²) in [7, 11) is 0. The lowest BCUT2D eigenvalue weighted by Gasteiger charge is -2.19. The molecule has 0 aliphatic carbocycles. The Hall–Kier alpha value is -8.33. The average molecular weight is 876 g/mol. The van der Waals surface area contributed by atoms with Crippen LogP contribution in [0.5, 0.6) is 0 Å². The van der Waals surface area contributed by atoms with Crippen LogP contribution < -0.4 is 0 Å². The van der Waals surface area contributed by atoms with E-state index in [0.29, 0.717) is 5.56 Å². The van der Waals surface area contributed by atoms with Crippen LogP contribution in [0.2, 0.25) is 0 Å². The molecule has 5 nitrogen and oxygen atoms in total. The maximum atomic E-state index is 11.5. The lowest BCUT2D eigenvalue weighted by Crippen LogP contribution is -2.10. The molecule has 13 aromatic rings. The third-order valence-corrected chi connectivity index (χ3v) is 14.5. The van der Waals surface area contributed by atoms with E-state index < -0.39 is 0 Å². The van der Waals surface area contributed by atoms with Crippen LogP contribution in [-0.4, -0.2) is 18.3 Å². The molecule has 13 rings (SSSR count). The number of aromatic nitrogens is 4. The Balaban J connectivity index is 1.14. The number of nitriles is 1. The molecule has 0 spiro atoms. The first-order chi connectivity index (χ1) is 33.0. The van der Waals surface area contributed by atoms with Crippen LogP contribution in [0.15, 0.2) is 188 Å². The highest BCUT2D eigenvalue weighted by atomic mass is 15.0. The molecule has 0 N–H and O–H groups in total. The highest BCUT2D eigenvalue weighted by Crippen LogP contribution is 2.47. The van der Waals surface area contributed by atoms with Gasteiger partial charge in [0.05, 0.1) is 55.5 Å². The van der Waals surface area contributed by atoms with E-state index >= 15 is 0 Å². The summed E-state index contributed by atoms with van der Waals surface area (Å²) in [6.45, 7) is 13.6. The Labute approximate surface area is 394 Å². The first-order valence-electron chi connectivity index (χ1n) is 23.7. The summed E-state index contributed by atoms with van der Waals surface area (Å²) in [6, 6.07) is 71.1. The van der Waals surface area contributed by atoms with E-state index in [-0.39, 0.29) is 10.8 Å². The minimum Gasteiger partial charge on any atom is -0.309 e. The molecule has 0 fully saturated rings. The predicted octanol–water partition coefficient (Wildman–Crippen LogP) is 16.5. The Morgan fingerprint density at radius 3 is 1.22 bits per heavy atom. The van der Waals surface area contributed by atoms with Gasteiger partial charge in [0, 0.05) is 54.5 Å². The molecule has 0 amide bonds. The normalized spacial score (nSPS) is 12.5. The number of fused-ring (bicyclic) bond motifs is 14. The topological polar surface area (TPSA) is 43.5 Å². The molecule has 0 aliphatic heterocycles. The van der Waals surface area contributed by atoms with Gasteiger partial charge in [0.2, 0.25) is 0 Å². The van der Waals surface area contributed by atoms with E-state index in [0.717, 1.165) is 66.6 Å². The molecule has 0 unspecified atom stereocenters. The van der Waals surface area contributed by atoms with Crippen LogP contribution in [0, 0.1) is 11.3 Å². The Morgan fingerprint density at radius 1 is 0.338 bits per heavy atom. The first kappa shape index (κ1) is 40.0. The van der Waals surface area contributed by atoms with Gasteiger partial charge in [-0.3, -0.25) is 0 Å². The molecule has 0 atom stereocenters. The van der Waals surface area contributed by atoms with Crippen molar-refractivity contribution in [2.24, 2.45) is 0 Å². The van der Waals surface area contributed by atoms with Gasteiger partial charge in [-0.1, -0.05) is 145 Å². The van der Waals surface area contributed by atoms with Crippen LogP contribution in [0.1, 0.15) is 58.2 Å². The summed E-state index contributed by atoms with van der Waals surface area (Å²) < 4.78 is 9.56. The second-order valence-corrected chi connectivity index (χ2v) is 20.5. The summed E-state index contributed by atoms with van der Waals surface area (Å²) in [5.41, 5.74) is 16.0. The van der Waals surface area contributed by atoms with Crippen LogP contribution in [0.25, 0.3) is 110 Å². The van der Waals surface area contributed by atoms with Crippen molar-refractivity contribution < 1.29 is 0 Å². The molecule has 0 saturated carbocycles. The fourth-order valence-corrected chi connectivity index (χ4v) is 11.3. The molecule has 0 bridgehead atoms. The lowest BCUT2D eigenvalue weighted by molar-refractivity contribution is 0.590. The zero-order valence-corrected chi connectivity index (χ0v) is 39.1. The molecule has 0 saturated heterocycles. The zero-order chi connectivity index (χ0) is 46.2. The van der Waals surface area contributed by atoms with E-state index in [4.69, 9.17) is 0 Å². The SMILES string of the molecule is CC(C)(C)c1ccc2c(c1)c1cc(C(C)(C)C)ccc1n2-c1cccc(-n2c3ccccc3c3c2ccc2c4ccc5c(c6ccccc6n5-c5ccccc5)c4n(-c4ccccc4)c23)c1C#N. The summed E-state index contributed by atoms with van der Waals surface area (Å²) in [5.74, 6) is 0. The number of nitrogens with zero attached hydrogens (tertiary/aromatic N) is 5. The van der Waals surface area contributed by atoms with Crippen molar-refractivity contribution in [3.8, 4) is 28.8 Å². The predicted molar refractivity (Wildman–Crippen MR) is 286 cm³/mol. The Bertz CT molecular complexity index is 4200. The summed E-state index contributed by atoms with van der Waals surface area (Å²) in [4.78, 5) is 0. The van der Waals surface area contributed by atoms with Gasteiger partial charge < -0.3 is 18.3 Å². The monoisotopic (exact) mass is 875 g/mol. The second-order valence-electron chi connectivity index (χ2n) is 20.5. The number of hydrogen-bond donors (Lipinski definition) is 0. The van der Waals surface area contributed by atoms with Gasteiger partial charge in [0.1, 0.15) is 11.6 Å². The van der Waals surface area contributed by atoms with Crippen molar-refractivity contribution in [3.63, 3.8) is 0 Å². The highest BCUT2D eigenvalue weighted by molar-refractivity contribution is 6.31. The van der Waals surface area contributed by atoms with Crippen molar-refractivity contribution >= 4 is 87.2 Å². The summed E-state index contributed by atoms with van der Waals surface area (Å²) in [5, 5.41) is 21.0. The summed E-state index contributed by atoms with van der Waals surface area (Å²) >= 11 is 0. The van der Waals surface area contributed by atoms with Crippen LogP contribution >= 0.6 is 0 Å². The minimum atomic E-state index is -0.0246. The van der Waals surface area contributed by atoms with Gasteiger partial charge >= 0.3 is 0 Å². The second kappa shape index (κ2) is 14.3. The van der Waals surface area contributed by atoms with Gasteiger partial charge in [-0.15, -0.1) is 0 Å². The summed E-state index contributed by atoms with van der Waals surface area (Å²) in [6.07, 6.45) is 0. The molecular weight excluding hydrogens is 827 g/mol. The zero-order valence-electron chi connectivity index (χ0n) is 39.1. The maximum absolute atomic E-state index is 11.5. The number of para-hydroxylation sites is 4. The largest absolute Gasteiger partial charge is 0.309 e.